The first kappa shape index (κ1) is 15.2. The minimum Gasteiger partial charge on any atom is -0.215 e. The molecule has 0 spiro atoms. The van der Waals surface area contributed by atoms with E-state index < -0.39 is 15.8 Å². The molecule has 0 saturated carbocycles. The van der Waals surface area contributed by atoms with Crippen LogP contribution in [0.3, 0.4) is 0 Å². The van der Waals surface area contributed by atoms with Crippen molar-refractivity contribution in [3.8, 4) is 0 Å². The summed E-state index contributed by atoms with van der Waals surface area (Å²) in [6.45, 7) is 0.391. The summed E-state index contributed by atoms with van der Waals surface area (Å²) in [4.78, 5) is 0. The van der Waals surface area contributed by atoms with E-state index in [1.807, 2.05) is 0 Å². The highest BCUT2D eigenvalue weighted by Gasteiger charge is 2.14. The van der Waals surface area contributed by atoms with Gasteiger partial charge in [-0.2, -0.15) is 0 Å². The monoisotopic (exact) mass is 297 g/mol. The van der Waals surface area contributed by atoms with Crippen molar-refractivity contribution in [3.05, 3.63) is 47.3 Å². The fourth-order valence-electron chi connectivity index (χ4n) is 2.37. The third-order valence-corrected chi connectivity index (χ3v) is 4.79. The number of allylic oxidation sites excluding steroid dienone is 1. The van der Waals surface area contributed by atoms with Crippen molar-refractivity contribution in [2.45, 2.75) is 37.9 Å². The van der Waals surface area contributed by atoms with Crippen LogP contribution in [0.1, 0.15) is 37.7 Å². The van der Waals surface area contributed by atoms with Crippen molar-refractivity contribution in [1.29, 1.82) is 0 Å². The fourth-order valence-corrected chi connectivity index (χ4v) is 3.53. The maximum Gasteiger partial charge on any atom is 0.215 e. The Bertz CT molecular complexity index is 581. The van der Waals surface area contributed by atoms with Gasteiger partial charge in [-0.15, -0.1) is 0 Å². The minimum atomic E-state index is -3.48. The van der Waals surface area contributed by atoms with Gasteiger partial charge < -0.3 is 0 Å². The second kappa shape index (κ2) is 6.99. The average Bonchev–Trinajstić information content (AvgIpc) is 2.42. The maximum atomic E-state index is 13.4. The molecule has 0 saturated heterocycles. The second-order valence-electron chi connectivity index (χ2n) is 5.10. The smallest absolute Gasteiger partial charge is 0.215 e. The molecular formula is C15H20FNO2S. The summed E-state index contributed by atoms with van der Waals surface area (Å²) in [5.74, 6) is -0.786. The van der Waals surface area contributed by atoms with Crippen molar-refractivity contribution in [3.63, 3.8) is 0 Å². The van der Waals surface area contributed by atoms with Crippen molar-refractivity contribution in [1.82, 2.24) is 4.72 Å². The number of hydrogen-bond acceptors (Lipinski definition) is 2. The predicted molar refractivity (Wildman–Crippen MR) is 78.2 cm³/mol. The molecular weight excluding hydrogens is 277 g/mol. The maximum absolute atomic E-state index is 13.4. The Morgan fingerprint density at radius 3 is 2.70 bits per heavy atom. The van der Waals surface area contributed by atoms with E-state index in [0.29, 0.717) is 6.54 Å². The predicted octanol–water partition coefficient (Wildman–Crippen LogP) is 3.14. The van der Waals surface area contributed by atoms with Gasteiger partial charge in [0.05, 0.1) is 5.75 Å². The summed E-state index contributed by atoms with van der Waals surface area (Å²) in [7, 11) is -3.48. The Morgan fingerprint density at radius 2 is 2.00 bits per heavy atom. The quantitative estimate of drug-likeness (QED) is 0.820. The Morgan fingerprint density at radius 1 is 1.20 bits per heavy atom. The highest BCUT2D eigenvalue weighted by atomic mass is 32.2. The van der Waals surface area contributed by atoms with E-state index in [-0.39, 0.29) is 11.3 Å². The third kappa shape index (κ3) is 4.72. The Labute approximate surface area is 119 Å². The van der Waals surface area contributed by atoms with Crippen LogP contribution in [0.2, 0.25) is 0 Å². The van der Waals surface area contributed by atoms with Gasteiger partial charge in [0.2, 0.25) is 10.0 Å². The molecule has 20 heavy (non-hydrogen) atoms. The number of sulfonamides is 1. The first-order valence-electron chi connectivity index (χ1n) is 6.95. The fraction of sp³-hybridized carbons (Fsp3) is 0.467. The molecule has 0 fully saturated rings. The molecule has 5 heteroatoms. The summed E-state index contributed by atoms with van der Waals surface area (Å²) < 4.78 is 39.8. The number of rotatable bonds is 6. The topological polar surface area (TPSA) is 46.2 Å². The van der Waals surface area contributed by atoms with Crippen LogP contribution in [0.15, 0.2) is 35.9 Å². The van der Waals surface area contributed by atoms with Crippen LogP contribution >= 0.6 is 0 Å². The van der Waals surface area contributed by atoms with Crippen molar-refractivity contribution < 1.29 is 12.8 Å². The molecule has 1 aliphatic carbocycles. The zero-order valence-corrected chi connectivity index (χ0v) is 12.3. The SMILES string of the molecule is O=S(=O)(Cc1ccccc1F)NCCC1=CCCCC1. The number of nitrogens with one attached hydrogen (secondary N) is 1. The average molecular weight is 297 g/mol. The van der Waals surface area contributed by atoms with E-state index in [0.717, 1.165) is 19.3 Å². The zero-order chi connectivity index (χ0) is 14.4. The summed E-state index contributed by atoms with van der Waals surface area (Å²) in [6, 6.07) is 5.96. The highest BCUT2D eigenvalue weighted by Crippen LogP contribution is 2.19. The van der Waals surface area contributed by atoms with E-state index >= 15 is 0 Å². The van der Waals surface area contributed by atoms with Gasteiger partial charge >= 0.3 is 0 Å². The molecule has 0 atom stereocenters. The van der Waals surface area contributed by atoms with Gasteiger partial charge in [-0.25, -0.2) is 17.5 Å². The molecule has 3 nitrogen and oxygen atoms in total. The van der Waals surface area contributed by atoms with E-state index in [4.69, 9.17) is 0 Å². The van der Waals surface area contributed by atoms with Gasteiger partial charge in [0.15, 0.2) is 0 Å². The molecule has 0 unspecified atom stereocenters. The molecule has 0 aliphatic heterocycles. The van der Waals surface area contributed by atoms with Crippen LogP contribution in [-0.2, 0) is 15.8 Å². The first-order chi connectivity index (χ1) is 9.57. The van der Waals surface area contributed by atoms with Crippen molar-refractivity contribution >= 4 is 10.0 Å². The molecule has 1 N–H and O–H groups in total. The van der Waals surface area contributed by atoms with Crippen LogP contribution in [0.5, 0.6) is 0 Å². The highest BCUT2D eigenvalue weighted by molar-refractivity contribution is 7.88. The molecule has 110 valence electrons. The number of benzene rings is 1. The second-order valence-corrected chi connectivity index (χ2v) is 6.91. The Balaban J connectivity index is 1.85. The van der Waals surface area contributed by atoms with E-state index in [2.05, 4.69) is 10.8 Å². The molecule has 1 aromatic rings. The first-order valence-corrected chi connectivity index (χ1v) is 8.61. The van der Waals surface area contributed by atoms with Gasteiger partial charge in [-0.3, -0.25) is 0 Å². The normalized spacial score (nSPS) is 15.9. The van der Waals surface area contributed by atoms with E-state index in [1.54, 1.807) is 12.1 Å². The lowest BCUT2D eigenvalue weighted by Crippen LogP contribution is -2.26. The van der Waals surface area contributed by atoms with Gasteiger partial charge in [0, 0.05) is 12.1 Å². The zero-order valence-electron chi connectivity index (χ0n) is 11.4. The van der Waals surface area contributed by atoms with Gasteiger partial charge in [-0.05, 0) is 38.2 Å². The van der Waals surface area contributed by atoms with E-state index in [9.17, 15) is 12.8 Å². The molecule has 0 aromatic heterocycles. The van der Waals surface area contributed by atoms with Crippen LogP contribution < -0.4 is 4.72 Å². The van der Waals surface area contributed by atoms with Crippen molar-refractivity contribution in [2.75, 3.05) is 6.54 Å². The summed E-state index contributed by atoms with van der Waals surface area (Å²) >= 11 is 0. The molecule has 1 aromatic carbocycles. The minimum absolute atomic E-state index is 0.205. The standard InChI is InChI=1S/C15H20FNO2S/c16-15-9-5-4-8-14(15)12-20(18,19)17-11-10-13-6-2-1-3-7-13/h4-6,8-9,17H,1-3,7,10-12H2. The van der Waals surface area contributed by atoms with Crippen LogP contribution in [-0.4, -0.2) is 15.0 Å². The van der Waals surface area contributed by atoms with Gasteiger partial charge in [-0.1, -0.05) is 29.8 Å². The summed E-state index contributed by atoms with van der Waals surface area (Å²) in [5, 5.41) is 0. The third-order valence-electron chi connectivity index (χ3n) is 3.46. The molecule has 0 amide bonds. The largest absolute Gasteiger partial charge is 0.215 e. The summed E-state index contributed by atoms with van der Waals surface area (Å²) in [6.07, 6.45) is 7.52. The molecule has 2 rings (SSSR count). The Hall–Kier alpha value is -1.20. The summed E-state index contributed by atoms with van der Waals surface area (Å²) in [5.41, 5.74) is 1.53. The van der Waals surface area contributed by atoms with Crippen molar-refractivity contribution in [2.24, 2.45) is 0 Å². The lowest BCUT2D eigenvalue weighted by Gasteiger charge is -2.13. The number of hydrogen-bond donors (Lipinski definition) is 1. The number of halogens is 1. The lowest BCUT2D eigenvalue weighted by molar-refractivity contribution is 0.573. The van der Waals surface area contributed by atoms with E-state index in [1.165, 1.54) is 30.5 Å². The van der Waals surface area contributed by atoms with Crippen LogP contribution in [0.25, 0.3) is 0 Å². The molecule has 0 radical (unpaired) electrons. The van der Waals surface area contributed by atoms with Gasteiger partial charge in [0.25, 0.3) is 0 Å². The molecule has 0 bridgehead atoms. The molecule has 0 heterocycles. The van der Waals surface area contributed by atoms with Gasteiger partial charge in [0.1, 0.15) is 5.82 Å². The van der Waals surface area contributed by atoms with Crippen LogP contribution in [0, 0.1) is 5.82 Å². The lowest BCUT2D eigenvalue weighted by atomic mass is 9.97. The Kier molecular flexibility index (Phi) is 5.31. The molecule has 1 aliphatic rings. The van der Waals surface area contributed by atoms with Crippen LogP contribution in [0.4, 0.5) is 4.39 Å².